The molecule has 1 fully saturated rings. The molecule has 0 bridgehead atoms. The number of sulfonamides is 1. The van der Waals surface area contributed by atoms with E-state index in [9.17, 15) is 26.4 Å². The molecule has 2 aromatic rings. The number of carbonyl (C=O) groups is 1. The highest BCUT2D eigenvalue weighted by Crippen LogP contribution is 2.29. The highest BCUT2D eigenvalue weighted by molar-refractivity contribution is 7.89. The summed E-state index contributed by atoms with van der Waals surface area (Å²) in [6.45, 7) is 1.30. The lowest BCUT2D eigenvalue weighted by atomic mass is 10.2. The molecule has 0 aliphatic carbocycles. The third kappa shape index (κ3) is 5.34. The molecular weight excluding hydrogens is 407 g/mol. The lowest BCUT2D eigenvalue weighted by molar-refractivity contribution is -0.137. The van der Waals surface area contributed by atoms with Gasteiger partial charge in [0.1, 0.15) is 0 Å². The molecule has 0 spiro atoms. The van der Waals surface area contributed by atoms with Gasteiger partial charge in [0.15, 0.2) is 0 Å². The molecule has 1 N–H and O–H groups in total. The second-order valence-corrected chi connectivity index (χ2v) is 8.55. The second-order valence-electron chi connectivity index (χ2n) is 6.62. The van der Waals surface area contributed by atoms with Crippen molar-refractivity contribution in [3.05, 3.63) is 60.2 Å². The molecular formula is C19H20F3N3O3S. The number of anilines is 1. The molecule has 3 rings (SSSR count). The number of benzene rings is 2. The number of piperazine rings is 1. The molecule has 10 heteroatoms. The lowest BCUT2D eigenvalue weighted by Crippen LogP contribution is -2.50. The summed E-state index contributed by atoms with van der Waals surface area (Å²) in [5.74, 6) is -0.371. The molecule has 1 amide bonds. The van der Waals surface area contributed by atoms with Crippen molar-refractivity contribution < 1.29 is 26.4 Å². The van der Waals surface area contributed by atoms with Gasteiger partial charge < -0.3 is 5.32 Å². The maximum atomic E-state index is 12.6. The van der Waals surface area contributed by atoms with E-state index >= 15 is 0 Å². The summed E-state index contributed by atoms with van der Waals surface area (Å²) in [6.07, 6.45) is -4.43. The Morgan fingerprint density at radius 1 is 0.931 bits per heavy atom. The molecule has 6 nitrogen and oxygen atoms in total. The largest absolute Gasteiger partial charge is 0.416 e. The van der Waals surface area contributed by atoms with Crippen LogP contribution in [0.3, 0.4) is 0 Å². The monoisotopic (exact) mass is 427 g/mol. The first-order valence-electron chi connectivity index (χ1n) is 8.91. The Balaban J connectivity index is 1.51. The minimum atomic E-state index is -4.43. The Morgan fingerprint density at radius 2 is 1.52 bits per heavy atom. The van der Waals surface area contributed by atoms with Gasteiger partial charge in [-0.15, -0.1) is 0 Å². The highest BCUT2D eigenvalue weighted by Gasteiger charge is 2.30. The van der Waals surface area contributed by atoms with E-state index in [0.717, 1.165) is 12.1 Å². The summed E-state index contributed by atoms with van der Waals surface area (Å²) in [4.78, 5) is 14.2. The Labute approximate surface area is 167 Å². The van der Waals surface area contributed by atoms with Crippen molar-refractivity contribution >= 4 is 21.6 Å². The summed E-state index contributed by atoms with van der Waals surface area (Å²) in [5.41, 5.74) is -0.514. The summed E-state index contributed by atoms with van der Waals surface area (Å²) < 4.78 is 64.3. The van der Waals surface area contributed by atoms with Crippen molar-refractivity contribution in [1.29, 1.82) is 0 Å². The fourth-order valence-corrected chi connectivity index (χ4v) is 4.46. The summed E-state index contributed by atoms with van der Waals surface area (Å²) in [6, 6.07) is 12.4. The van der Waals surface area contributed by atoms with E-state index in [1.165, 1.54) is 16.4 Å². The topological polar surface area (TPSA) is 69.7 Å². The van der Waals surface area contributed by atoms with E-state index in [-0.39, 0.29) is 36.1 Å². The number of hydrogen-bond donors (Lipinski definition) is 1. The van der Waals surface area contributed by atoms with E-state index in [2.05, 4.69) is 5.32 Å². The molecule has 0 unspecified atom stereocenters. The summed E-state index contributed by atoms with van der Waals surface area (Å²) in [5, 5.41) is 2.56. The normalized spacial score (nSPS) is 16.5. The van der Waals surface area contributed by atoms with Crippen LogP contribution in [0, 0.1) is 0 Å². The van der Waals surface area contributed by atoms with Gasteiger partial charge in [-0.2, -0.15) is 17.5 Å². The molecule has 0 radical (unpaired) electrons. The van der Waals surface area contributed by atoms with Crippen LogP contribution in [0.15, 0.2) is 59.5 Å². The molecule has 2 aromatic carbocycles. The standard InChI is InChI=1S/C19H20F3N3O3S/c20-19(21,22)15-6-8-16(9-7-15)23-18(26)14-24-10-12-25(13-11-24)29(27,28)17-4-2-1-3-5-17/h1-9H,10-14H2,(H,23,26). The summed E-state index contributed by atoms with van der Waals surface area (Å²) >= 11 is 0. The van der Waals surface area contributed by atoms with Crippen LogP contribution in [0.25, 0.3) is 0 Å². The zero-order chi connectivity index (χ0) is 21.1. The fraction of sp³-hybridized carbons (Fsp3) is 0.316. The van der Waals surface area contributed by atoms with E-state index in [1.807, 2.05) is 0 Å². The Kier molecular flexibility index (Phi) is 6.25. The summed E-state index contributed by atoms with van der Waals surface area (Å²) in [7, 11) is -3.56. The molecule has 0 atom stereocenters. The van der Waals surface area contributed by atoms with E-state index in [0.29, 0.717) is 13.1 Å². The first-order chi connectivity index (χ1) is 13.7. The maximum Gasteiger partial charge on any atom is 0.416 e. The smallest absolute Gasteiger partial charge is 0.325 e. The average Bonchev–Trinajstić information content (AvgIpc) is 2.69. The molecule has 0 saturated carbocycles. The van der Waals surface area contributed by atoms with Gasteiger partial charge in [0, 0.05) is 31.9 Å². The van der Waals surface area contributed by atoms with Gasteiger partial charge in [-0.05, 0) is 36.4 Å². The Bertz CT molecular complexity index is 940. The Hall–Kier alpha value is -2.43. The van der Waals surface area contributed by atoms with Crippen molar-refractivity contribution in [3.8, 4) is 0 Å². The van der Waals surface area contributed by atoms with Gasteiger partial charge in [-0.1, -0.05) is 18.2 Å². The van der Waals surface area contributed by atoms with Crippen molar-refractivity contribution in [2.75, 3.05) is 38.0 Å². The van der Waals surface area contributed by atoms with E-state index in [1.54, 1.807) is 35.2 Å². The Morgan fingerprint density at radius 3 is 2.07 bits per heavy atom. The fourth-order valence-electron chi connectivity index (χ4n) is 3.02. The van der Waals surface area contributed by atoms with Crippen LogP contribution in [0.4, 0.5) is 18.9 Å². The first-order valence-corrected chi connectivity index (χ1v) is 10.3. The number of nitrogens with one attached hydrogen (secondary N) is 1. The van der Waals surface area contributed by atoms with Crippen LogP contribution < -0.4 is 5.32 Å². The van der Waals surface area contributed by atoms with E-state index in [4.69, 9.17) is 0 Å². The van der Waals surface area contributed by atoms with Gasteiger partial charge in [0.25, 0.3) is 0 Å². The van der Waals surface area contributed by atoms with Gasteiger partial charge in [0.05, 0.1) is 17.0 Å². The van der Waals surface area contributed by atoms with Crippen molar-refractivity contribution in [1.82, 2.24) is 9.21 Å². The highest BCUT2D eigenvalue weighted by atomic mass is 32.2. The minimum Gasteiger partial charge on any atom is -0.325 e. The number of halogens is 3. The van der Waals surface area contributed by atoms with E-state index < -0.39 is 21.8 Å². The number of nitrogens with zero attached hydrogens (tertiary/aromatic N) is 2. The van der Waals surface area contributed by atoms with Crippen LogP contribution in [-0.4, -0.2) is 56.3 Å². The maximum absolute atomic E-state index is 12.6. The predicted octanol–water partition coefficient (Wildman–Crippen LogP) is 2.65. The van der Waals surface area contributed by atoms with Gasteiger partial charge in [-0.25, -0.2) is 8.42 Å². The average molecular weight is 427 g/mol. The molecule has 29 heavy (non-hydrogen) atoms. The van der Waals surface area contributed by atoms with Crippen LogP contribution in [0.5, 0.6) is 0 Å². The van der Waals surface area contributed by atoms with Crippen LogP contribution in [-0.2, 0) is 21.0 Å². The lowest BCUT2D eigenvalue weighted by Gasteiger charge is -2.33. The third-order valence-corrected chi connectivity index (χ3v) is 6.49. The quantitative estimate of drug-likeness (QED) is 0.797. The third-order valence-electron chi connectivity index (χ3n) is 4.58. The van der Waals surface area contributed by atoms with Crippen LogP contribution in [0.2, 0.25) is 0 Å². The minimum absolute atomic E-state index is 0.0280. The zero-order valence-corrected chi connectivity index (χ0v) is 16.2. The molecule has 1 heterocycles. The van der Waals surface area contributed by atoms with Crippen LogP contribution >= 0.6 is 0 Å². The van der Waals surface area contributed by atoms with Crippen molar-refractivity contribution in [2.24, 2.45) is 0 Å². The predicted molar refractivity (Wildman–Crippen MR) is 102 cm³/mol. The molecule has 1 aliphatic heterocycles. The number of alkyl halides is 3. The molecule has 0 aromatic heterocycles. The van der Waals surface area contributed by atoms with Gasteiger partial charge in [0.2, 0.25) is 15.9 Å². The first kappa shape index (κ1) is 21.3. The second kappa shape index (κ2) is 8.52. The SMILES string of the molecule is O=C(CN1CCN(S(=O)(=O)c2ccccc2)CC1)Nc1ccc(C(F)(F)F)cc1. The number of rotatable bonds is 5. The van der Waals surface area contributed by atoms with Crippen LogP contribution in [0.1, 0.15) is 5.56 Å². The molecule has 156 valence electrons. The number of hydrogen-bond acceptors (Lipinski definition) is 4. The number of amides is 1. The molecule has 1 aliphatic rings. The molecule has 1 saturated heterocycles. The number of carbonyl (C=O) groups excluding carboxylic acids is 1. The van der Waals surface area contributed by atoms with Gasteiger partial charge in [-0.3, -0.25) is 9.69 Å². The zero-order valence-electron chi connectivity index (χ0n) is 15.4. The van der Waals surface area contributed by atoms with Crippen molar-refractivity contribution in [2.45, 2.75) is 11.1 Å². The van der Waals surface area contributed by atoms with Crippen molar-refractivity contribution in [3.63, 3.8) is 0 Å². The van der Waals surface area contributed by atoms with Gasteiger partial charge >= 0.3 is 6.18 Å².